The summed E-state index contributed by atoms with van der Waals surface area (Å²) in [5.41, 5.74) is 7.23. The van der Waals surface area contributed by atoms with Gasteiger partial charge >= 0.3 is 0 Å². The summed E-state index contributed by atoms with van der Waals surface area (Å²) in [5, 5.41) is 2.86. The molecule has 1 amide bonds. The first-order valence-electron chi connectivity index (χ1n) is 6.91. The standard InChI is InChI=1S/C15H22N2O2/c1-2-3-4-12-5-7-13(8-6-12)17-14(18)15(16)9-10-19-11-15/h5-8H,2-4,9-11,16H2,1H3,(H,17,18). The number of hydrogen-bond donors (Lipinski definition) is 2. The first kappa shape index (κ1) is 14.0. The van der Waals surface area contributed by atoms with Crippen molar-refractivity contribution in [2.75, 3.05) is 18.5 Å². The highest BCUT2D eigenvalue weighted by atomic mass is 16.5. The Balaban J connectivity index is 1.93. The molecule has 1 heterocycles. The normalized spacial score (nSPS) is 22.4. The van der Waals surface area contributed by atoms with Crippen LogP contribution in [0.1, 0.15) is 31.7 Å². The molecule has 104 valence electrons. The number of aryl methyl sites for hydroxylation is 1. The SMILES string of the molecule is CCCCc1ccc(NC(=O)C2(N)CCOC2)cc1. The molecule has 4 nitrogen and oxygen atoms in total. The lowest BCUT2D eigenvalue weighted by Gasteiger charge is -2.20. The van der Waals surface area contributed by atoms with Crippen molar-refractivity contribution in [3.8, 4) is 0 Å². The van der Waals surface area contributed by atoms with Gasteiger partial charge in [0.1, 0.15) is 5.54 Å². The van der Waals surface area contributed by atoms with Crippen molar-refractivity contribution >= 4 is 11.6 Å². The molecule has 3 N–H and O–H groups in total. The Labute approximate surface area is 114 Å². The van der Waals surface area contributed by atoms with E-state index in [9.17, 15) is 4.79 Å². The average Bonchev–Trinajstić information content (AvgIpc) is 2.86. The number of carbonyl (C=O) groups excluding carboxylic acids is 1. The fourth-order valence-electron chi connectivity index (χ4n) is 2.15. The zero-order valence-electron chi connectivity index (χ0n) is 11.4. The van der Waals surface area contributed by atoms with Crippen LogP contribution in [0.4, 0.5) is 5.69 Å². The fourth-order valence-corrected chi connectivity index (χ4v) is 2.15. The lowest BCUT2D eigenvalue weighted by molar-refractivity contribution is -0.121. The van der Waals surface area contributed by atoms with Gasteiger partial charge in [-0.15, -0.1) is 0 Å². The van der Waals surface area contributed by atoms with Gasteiger partial charge in [0.05, 0.1) is 6.61 Å². The van der Waals surface area contributed by atoms with Gasteiger partial charge in [-0.2, -0.15) is 0 Å². The van der Waals surface area contributed by atoms with E-state index in [-0.39, 0.29) is 5.91 Å². The van der Waals surface area contributed by atoms with E-state index in [1.807, 2.05) is 12.1 Å². The van der Waals surface area contributed by atoms with Crippen molar-refractivity contribution in [3.63, 3.8) is 0 Å². The second-order valence-corrected chi connectivity index (χ2v) is 5.21. The maximum absolute atomic E-state index is 12.1. The van der Waals surface area contributed by atoms with Crippen LogP contribution in [0.25, 0.3) is 0 Å². The van der Waals surface area contributed by atoms with Crippen molar-refractivity contribution in [2.45, 2.75) is 38.1 Å². The number of hydrogen-bond acceptors (Lipinski definition) is 3. The summed E-state index contributed by atoms with van der Waals surface area (Å²) in [6, 6.07) is 7.98. The Morgan fingerprint density at radius 3 is 2.74 bits per heavy atom. The summed E-state index contributed by atoms with van der Waals surface area (Å²) in [7, 11) is 0. The van der Waals surface area contributed by atoms with E-state index in [2.05, 4.69) is 24.4 Å². The average molecular weight is 262 g/mol. The van der Waals surface area contributed by atoms with E-state index in [4.69, 9.17) is 10.5 Å². The Kier molecular flexibility index (Phi) is 4.56. The van der Waals surface area contributed by atoms with Crippen LogP contribution < -0.4 is 11.1 Å². The molecule has 19 heavy (non-hydrogen) atoms. The Bertz CT molecular complexity index is 422. The van der Waals surface area contributed by atoms with Crippen LogP contribution in [0.5, 0.6) is 0 Å². The molecular formula is C15H22N2O2. The largest absolute Gasteiger partial charge is 0.379 e. The molecule has 0 aliphatic carbocycles. The quantitative estimate of drug-likeness (QED) is 0.854. The second kappa shape index (κ2) is 6.17. The molecule has 1 aliphatic rings. The molecule has 1 unspecified atom stereocenters. The van der Waals surface area contributed by atoms with E-state index < -0.39 is 5.54 Å². The maximum Gasteiger partial charge on any atom is 0.246 e. The molecule has 1 saturated heterocycles. The van der Waals surface area contributed by atoms with Crippen molar-refractivity contribution in [1.29, 1.82) is 0 Å². The van der Waals surface area contributed by atoms with E-state index in [0.29, 0.717) is 19.6 Å². The van der Waals surface area contributed by atoms with Crippen LogP contribution in [0, 0.1) is 0 Å². The summed E-state index contributed by atoms with van der Waals surface area (Å²) < 4.78 is 5.20. The van der Waals surface area contributed by atoms with Gasteiger partial charge in [0.15, 0.2) is 0 Å². The molecule has 1 atom stereocenters. The van der Waals surface area contributed by atoms with E-state index in [0.717, 1.165) is 12.1 Å². The van der Waals surface area contributed by atoms with Gasteiger partial charge in [-0.05, 0) is 37.0 Å². The summed E-state index contributed by atoms with van der Waals surface area (Å²) in [6.07, 6.45) is 4.04. The summed E-state index contributed by atoms with van der Waals surface area (Å²) >= 11 is 0. The van der Waals surface area contributed by atoms with Crippen LogP contribution in [0.2, 0.25) is 0 Å². The van der Waals surface area contributed by atoms with Crippen molar-refractivity contribution in [1.82, 2.24) is 0 Å². The lowest BCUT2D eigenvalue weighted by Crippen LogP contribution is -2.51. The highest BCUT2D eigenvalue weighted by Crippen LogP contribution is 2.19. The highest BCUT2D eigenvalue weighted by Gasteiger charge is 2.38. The molecule has 0 radical (unpaired) electrons. The van der Waals surface area contributed by atoms with Crippen molar-refractivity contribution in [3.05, 3.63) is 29.8 Å². The molecule has 1 aromatic rings. The van der Waals surface area contributed by atoms with Crippen molar-refractivity contribution < 1.29 is 9.53 Å². The third-order valence-electron chi connectivity index (χ3n) is 3.54. The highest BCUT2D eigenvalue weighted by molar-refractivity contribution is 5.98. The van der Waals surface area contributed by atoms with Gasteiger partial charge in [-0.25, -0.2) is 0 Å². The number of ether oxygens (including phenoxy) is 1. The van der Waals surface area contributed by atoms with Crippen LogP contribution in [-0.2, 0) is 16.0 Å². The van der Waals surface area contributed by atoms with Crippen molar-refractivity contribution in [2.24, 2.45) is 5.73 Å². The van der Waals surface area contributed by atoms with Gasteiger partial charge in [-0.1, -0.05) is 25.5 Å². The van der Waals surface area contributed by atoms with Crippen LogP contribution >= 0.6 is 0 Å². The third kappa shape index (κ3) is 3.55. The Morgan fingerprint density at radius 2 is 2.16 bits per heavy atom. The lowest BCUT2D eigenvalue weighted by atomic mass is 9.99. The van der Waals surface area contributed by atoms with Gasteiger partial charge in [0.2, 0.25) is 5.91 Å². The topological polar surface area (TPSA) is 64.4 Å². The monoisotopic (exact) mass is 262 g/mol. The predicted molar refractivity (Wildman–Crippen MR) is 76.0 cm³/mol. The molecule has 0 bridgehead atoms. The van der Waals surface area contributed by atoms with Crippen LogP contribution in [0.3, 0.4) is 0 Å². The number of nitrogens with one attached hydrogen (secondary N) is 1. The minimum Gasteiger partial charge on any atom is -0.379 e. The predicted octanol–water partition coefficient (Wildman–Crippen LogP) is 2.09. The number of unbranched alkanes of at least 4 members (excludes halogenated alkanes) is 1. The second-order valence-electron chi connectivity index (χ2n) is 5.21. The number of benzene rings is 1. The minimum atomic E-state index is -0.874. The molecule has 0 aromatic heterocycles. The molecule has 1 aliphatic heterocycles. The van der Waals surface area contributed by atoms with E-state index >= 15 is 0 Å². The summed E-state index contributed by atoms with van der Waals surface area (Å²) in [4.78, 5) is 12.1. The summed E-state index contributed by atoms with van der Waals surface area (Å²) in [5.74, 6) is -0.161. The Hall–Kier alpha value is -1.39. The minimum absolute atomic E-state index is 0.161. The molecule has 4 heteroatoms. The first-order chi connectivity index (χ1) is 9.14. The molecule has 0 saturated carbocycles. The smallest absolute Gasteiger partial charge is 0.246 e. The van der Waals surface area contributed by atoms with Gasteiger partial charge in [0.25, 0.3) is 0 Å². The molecule has 1 fully saturated rings. The number of nitrogens with two attached hydrogens (primary N) is 1. The maximum atomic E-state index is 12.1. The Morgan fingerprint density at radius 1 is 1.42 bits per heavy atom. The third-order valence-corrected chi connectivity index (χ3v) is 3.54. The van der Waals surface area contributed by atoms with Crippen LogP contribution in [0.15, 0.2) is 24.3 Å². The van der Waals surface area contributed by atoms with Gasteiger partial charge in [0, 0.05) is 12.3 Å². The summed E-state index contributed by atoms with van der Waals surface area (Å²) in [6.45, 7) is 3.03. The number of carbonyl (C=O) groups is 1. The molecule has 1 aromatic carbocycles. The zero-order valence-corrected chi connectivity index (χ0v) is 11.4. The van der Waals surface area contributed by atoms with E-state index in [1.54, 1.807) is 0 Å². The van der Waals surface area contributed by atoms with E-state index in [1.165, 1.54) is 18.4 Å². The number of rotatable bonds is 5. The zero-order chi connectivity index (χ0) is 13.7. The molecule has 2 rings (SSSR count). The molecule has 0 spiro atoms. The number of amides is 1. The molecular weight excluding hydrogens is 240 g/mol. The fraction of sp³-hybridized carbons (Fsp3) is 0.533. The van der Waals surface area contributed by atoms with Gasteiger partial charge in [-0.3, -0.25) is 4.79 Å². The number of anilines is 1. The first-order valence-corrected chi connectivity index (χ1v) is 6.91. The van der Waals surface area contributed by atoms with Gasteiger partial charge < -0.3 is 15.8 Å². The van der Waals surface area contributed by atoms with Crippen LogP contribution in [-0.4, -0.2) is 24.7 Å².